The van der Waals surface area contributed by atoms with E-state index in [9.17, 15) is 4.79 Å². The molecule has 4 rings (SSSR count). The van der Waals surface area contributed by atoms with E-state index < -0.39 is 0 Å². The van der Waals surface area contributed by atoms with Crippen molar-refractivity contribution in [2.45, 2.75) is 19.8 Å². The number of carbonyl (C=O) groups is 1. The number of hydrogen-bond donors (Lipinski definition) is 0. The van der Waals surface area contributed by atoms with Crippen LogP contribution in [0.1, 0.15) is 17.9 Å². The summed E-state index contributed by atoms with van der Waals surface area (Å²) in [5, 5.41) is 10.3. The average Bonchev–Trinajstić information content (AvgIpc) is 3.20. The summed E-state index contributed by atoms with van der Waals surface area (Å²) in [5.74, 6) is 0.951. The standard InChI is InChI=1S/C23H21N3O2/c1-16-10-12-18(13-11-16)23-25-24-21(28-23)14-15-22(27)26(2)20-9-5-7-17-6-3-4-8-19(17)20/h3-13H,14-15H2,1-2H3. The number of hydrogen-bond acceptors (Lipinski definition) is 4. The van der Waals surface area contributed by atoms with E-state index in [0.29, 0.717) is 24.6 Å². The predicted molar refractivity (Wildman–Crippen MR) is 110 cm³/mol. The second-order valence-electron chi connectivity index (χ2n) is 6.82. The van der Waals surface area contributed by atoms with E-state index in [4.69, 9.17) is 4.42 Å². The normalized spacial score (nSPS) is 10.9. The van der Waals surface area contributed by atoms with E-state index >= 15 is 0 Å². The van der Waals surface area contributed by atoms with Crippen molar-refractivity contribution in [2.24, 2.45) is 0 Å². The molecule has 0 radical (unpaired) electrons. The van der Waals surface area contributed by atoms with Gasteiger partial charge in [-0.15, -0.1) is 10.2 Å². The van der Waals surface area contributed by atoms with Gasteiger partial charge in [0.15, 0.2) is 0 Å². The summed E-state index contributed by atoms with van der Waals surface area (Å²) in [5.41, 5.74) is 2.95. The molecule has 0 aliphatic carbocycles. The second-order valence-corrected chi connectivity index (χ2v) is 6.82. The molecule has 3 aromatic carbocycles. The van der Waals surface area contributed by atoms with Crippen molar-refractivity contribution in [2.75, 3.05) is 11.9 Å². The van der Waals surface area contributed by atoms with Crippen molar-refractivity contribution in [3.63, 3.8) is 0 Å². The first-order valence-corrected chi connectivity index (χ1v) is 9.25. The van der Waals surface area contributed by atoms with Crippen LogP contribution in [0, 0.1) is 6.92 Å². The molecular formula is C23H21N3O2. The van der Waals surface area contributed by atoms with Crippen LogP contribution in [0.15, 0.2) is 71.1 Å². The molecule has 4 aromatic rings. The Kier molecular flexibility index (Phi) is 4.89. The number of nitrogens with zero attached hydrogens (tertiary/aromatic N) is 3. The number of anilines is 1. The van der Waals surface area contributed by atoms with E-state index in [1.54, 1.807) is 11.9 Å². The lowest BCUT2D eigenvalue weighted by atomic mass is 10.1. The summed E-state index contributed by atoms with van der Waals surface area (Å²) < 4.78 is 5.72. The number of amides is 1. The number of rotatable bonds is 5. The SMILES string of the molecule is Cc1ccc(-c2nnc(CCC(=O)N(C)c3cccc4ccccc34)o2)cc1. The maximum absolute atomic E-state index is 12.7. The highest BCUT2D eigenvalue weighted by Gasteiger charge is 2.16. The third-order valence-corrected chi connectivity index (χ3v) is 4.82. The van der Waals surface area contributed by atoms with Gasteiger partial charge in [-0.25, -0.2) is 0 Å². The summed E-state index contributed by atoms with van der Waals surface area (Å²) in [6.45, 7) is 2.03. The Bertz CT molecular complexity index is 1110. The van der Waals surface area contributed by atoms with Crippen LogP contribution in [0.25, 0.3) is 22.2 Å². The Morgan fingerprint density at radius 3 is 2.54 bits per heavy atom. The number of aromatic nitrogens is 2. The summed E-state index contributed by atoms with van der Waals surface area (Å²) in [6.07, 6.45) is 0.710. The third kappa shape index (κ3) is 3.64. The molecule has 0 aliphatic rings. The predicted octanol–water partition coefficient (Wildman–Crippen LogP) is 4.79. The fourth-order valence-corrected chi connectivity index (χ4v) is 3.18. The maximum Gasteiger partial charge on any atom is 0.247 e. The van der Waals surface area contributed by atoms with E-state index in [0.717, 1.165) is 22.0 Å². The zero-order chi connectivity index (χ0) is 19.5. The molecule has 0 fully saturated rings. The first kappa shape index (κ1) is 17.9. The number of benzene rings is 3. The van der Waals surface area contributed by atoms with Gasteiger partial charge in [-0.1, -0.05) is 54.1 Å². The summed E-state index contributed by atoms with van der Waals surface area (Å²) >= 11 is 0. The second kappa shape index (κ2) is 7.64. The van der Waals surface area contributed by atoms with Gasteiger partial charge in [-0.05, 0) is 30.5 Å². The Morgan fingerprint density at radius 2 is 1.71 bits per heavy atom. The van der Waals surface area contributed by atoms with Crippen molar-refractivity contribution < 1.29 is 9.21 Å². The highest BCUT2D eigenvalue weighted by atomic mass is 16.4. The molecule has 28 heavy (non-hydrogen) atoms. The quantitative estimate of drug-likeness (QED) is 0.506. The number of fused-ring (bicyclic) bond motifs is 1. The van der Waals surface area contributed by atoms with E-state index in [1.807, 2.05) is 73.7 Å². The lowest BCUT2D eigenvalue weighted by molar-refractivity contribution is -0.118. The van der Waals surface area contributed by atoms with Crippen LogP contribution < -0.4 is 4.90 Å². The molecule has 0 atom stereocenters. The lowest BCUT2D eigenvalue weighted by Crippen LogP contribution is -2.26. The molecule has 0 bridgehead atoms. The molecule has 1 aromatic heterocycles. The third-order valence-electron chi connectivity index (χ3n) is 4.82. The molecule has 1 heterocycles. The zero-order valence-electron chi connectivity index (χ0n) is 15.9. The summed E-state index contributed by atoms with van der Waals surface area (Å²) in [7, 11) is 1.80. The van der Waals surface area contributed by atoms with Gasteiger partial charge in [-0.3, -0.25) is 4.79 Å². The minimum atomic E-state index is 0.00596. The van der Waals surface area contributed by atoms with Crippen molar-refractivity contribution in [1.82, 2.24) is 10.2 Å². The van der Waals surface area contributed by atoms with Crippen LogP contribution in [-0.4, -0.2) is 23.2 Å². The number of carbonyl (C=O) groups excluding carboxylic acids is 1. The first-order valence-electron chi connectivity index (χ1n) is 9.25. The smallest absolute Gasteiger partial charge is 0.247 e. The van der Waals surface area contributed by atoms with E-state index in [1.165, 1.54) is 5.56 Å². The van der Waals surface area contributed by atoms with Gasteiger partial charge >= 0.3 is 0 Å². The first-order chi connectivity index (χ1) is 13.6. The molecule has 5 nitrogen and oxygen atoms in total. The van der Waals surface area contributed by atoms with Gasteiger partial charge < -0.3 is 9.32 Å². The van der Waals surface area contributed by atoms with Gasteiger partial charge in [0, 0.05) is 30.8 Å². The molecule has 140 valence electrons. The highest BCUT2D eigenvalue weighted by Crippen LogP contribution is 2.26. The molecule has 0 N–H and O–H groups in total. The van der Waals surface area contributed by atoms with Crippen LogP contribution >= 0.6 is 0 Å². The fourth-order valence-electron chi connectivity index (χ4n) is 3.18. The Labute approximate surface area is 163 Å². The lowest BCUT2D eigenvalue weighted by Gasteiger charge is -2.19. The van der Waals surface area contributed by atoms with Gasteiger partial charge in [0.05, 0.1) is 5.69 Å². The largest absolute Gasteiger partial charge is 0.421 e. The molecule has 0 aliphatic heterocycles. The Hall–Kier alpha value is -3.47. The van der Waals surface area contributed by atoms with Gasteiger partial charge in [0.1, 0.15) is 0 Å². The minimum absolute atomic E-state index is 0.00596. The van der Waals surface area contributed by atoms with Crippen molar-refractivity contribution in [1.29, 1.82) is 0 Å². The van der Waals surface area contributed by atoms with Gasteiger partial charge in [0.2, 0.25) is 17.7 Å². The molecule has 0 saturated heterocycles. The van der Waals surface area contributed by atoms with Crippen LogP contribution in [0.5, 0.6) is 0 Å². The Balaban J connectivity index is 1.45. The van der Waals surface area contributed by atoms with Gasteiger partial charge in [0.25, 0.3) is 0 Å². The minimum Gasteiger partial charge on any atom is -0.421 e. The number of aryl methyl sites for hydroxylation is 2. The van der Waals surface area contributed by atoms with Crippen LogP contribution in [-0.2, 0) is 11.2 Å². The molecule has 0 spiro atoms. The van der Waals surface area contributed by atoms with Crippen molar-refractivity contribution >= 4 is 22.4 Å². The van der Waals surface area contributed by atoms with Crippen molar-refractivity contribution in [3.8, 4) is 11.5 Å². The molecule has 5 heteroatoms. The highest BCUT2D eigenvalue weighted by molar-refractivity contribution is 6.03. The average molecular weight is 371 g/mol. The van der Waals surface area contributed by atoms with Crippen LogP contribution in [0.2, 0.25) is 0 Å². The van der Waals surface area contributed by atoms with Gasteiger partial charge in [-0.2, -0.15) is 0 Å². The summed E-state index contributed by atoms with van der Waals surface area (Å²) in [4.78, 5) is 14.4. The van der Waals surface area contributed by atoms with E-state index in [-0.39, 0.29) is 5.91 Å². The molecular weight excluding hydrogens is 350 g/mol. The van der Waals surface area contributed by atoms with E-state index in [2.05, 4.69) is 10.2 Å². The fraction of sp³-hybridized carbons (Fsp3) is 0.174. The Morgan fingerprint density at radius 1 is 0.964 bits per heavy atom. The molecule has 1 amide bonds. The monoisotopic (exact) mass is 371 g/mol. The topological polar surface area (TPSA) is 59.2 Å². The zero-order valence-corrected chi connectivity index (χ0v) is 15.9. The molecule has 0 unspecified atom stereocenters. The molecule has 0 saturated carbocycles. The maximum atomic E-state index is 12.7. The van der Waals surface area contributed by atoms with Crippen molar-refractivity contribution in [3.05, 3.63) is 78.2 Å². The van der Waals surface area contributed by atoms with Crippen LogP contribution in [0.3, 0.4) is 0 Å². The van der Waals surface area contributed by atoms with Crippen LogP contribution in [0.4, 0.5) is 5.69 Å². The summed E-state index contributed by atoms with van der Waals surface area (Å²) in [6, 6.07) is 21.9.